The van der Waals surface area contributed by atoms with E-state index in [1.165, 1.54) is 22.2 Å². The molecule has 1 fully saturated rings. The van der Waals surface area contributed by atoms with E-state index in [-0.39, 0.29) is 32.1 Å². The average molecular weight is 339 g/mol. The van der Waals surface area contributed by atoms with Crippen LogP contribution in [-0.4, -0.2) is 69.4 Å². The molecule has 0 radical (unpaired) electrons. The summed E-state index contributed by atoms with van der Waals surface area (Å²) >= 11 is 0. The van der Waals surface area contributed by atoms with Crippen LogP contribution in [0.25, 0.3) is 5.69 Å². The summed E-state index contributed by atoms with van der Waals surface area (Å²) in [5.74, 6) is -0.215. The Bertz CT molecular complexity index is 693. The number of piperazine rings is 1. The normalized spacial score (nSPS) is 16.4. The van der Waals surface area contributed by atoms with Crippen LogP contribution >= 0.6 is 0 Å². The van der Waals surface area contributed by atoms with Gasteiger partial charge in [-0.1, -0.05) is 12.1 Å². The topological polar surface area (TPSA) is 54.3 Å². The number of carbonyl (C=O) groups is 1. The maximum absolute atomic E-state index is 12.7. The van der Waals surface area contributed by atoms with E-state index in [4.69, 9.17) is 0 Å². The highest BCUT2D eigenvalue weighted by molar-refractivity contribution is 5.97. The molecule has 1 aromatic heterocycles. The summed E-state index contributed by atoms with van der Waals surface area (Å²) in [6.07, 6.45) is -1.35. The van der Waals surface area contributed by atoms with Crippen molar-refractivity contribution in [2.24, 2.45) is 0 Å². The van der Waals surface area contributed by atoms with Crippen LogP contribution in [0.1, 0.15) is 10.4 Å². The lowest BCUT2D eigenvalue weighted by Gasteiger charge is -2.35. The number of alkyl halides is 3. The van der Waals surface area contributed by atoms with Crippen LogP contribution in [-0.2, 0) is 0 Å². The van der Waals surface area contributed by atoms with E-state index in [2.05, 4.69) is 10.1 Å². The molecule has 0 unspecified atom stereocenters. The molecule has 1 aromatic carbocycles. The summed E-state index contributed by atoms with van der Waals surface area (Å²) in [7, 11) is 0. The zero-order valence-electron chi connectivity index (χ0n) is 12.8. The van der Waals surface area contributed by atoms with E-state index in [1.54, 1.807) is 29.2 Å². The number of aromatic nitrogens is 3. The van der Waals surface area contributed by atoms with Gasteiger partial charge < -0.3 is 4.90 Å². The number of para-hydroxylation sites is 1. The summed E-state index contributed by atoms with van der Waals surface area (Å²) in [6, 6.07) is 6.96. The molecule has 0 N–H and O–H groups in total. The number of hydrogen-bond acceptors (Lipinski definition) is 4. The molecule has 0 saturated carbocycles. The van der Waals surface area contributed by atoms with E-state index >= 15 is 0 Å². The summed E-state index contributed by atoms with van der Waals surface area (Å²) in [6.45, 7) is -0.000726. The summed E-state index contributed by atoms with van der Waals surface area (Å²) < 4.78 is 38.8. The SMILES string of the molecule is O=C(c1ccccc1-n1cncn1)N1CCN(CC(F)(F)F)CC1. The average Bonchev–Trinajstić information content (AvgIpc) is 3.08. The summed E-state index contributed by atoms with van der Waals surface area (Å²) in [4.78, 5) is 19.5. The lowest BCUT2D eigenvalue weighted by Crippen LogP contribution is -2.51. The molecule has 0 spiro atoms. The molecule has 3 rings (SSSR count). The van der Waals surface area contributed by atoms with Gasteiger partial charge in [0, 0.05) is 26.2 Å². The minimum Gasteiger partial charge on any atom is -0.336 e. The lowest BCUT2D eigenvalue weighted by molar-refractivity contribution is -0.148. The van der Waals surface area contributed by atoms with Gasteiger partial charge in [0.1, 0.15) is 12.7 Å². The predicted molar refractivity (Wildman–Crippen MR) is 79.8 cm³/mol. The van der Waals surface area contributed by atoms with Gasteiger partial charge in [0.2, 0.25) is 0 Å². The Morgan fingerprint density at radius 1 is 1.12 bits per heavy atom. The Morgan fingerprint density at radius 2 is 1.83 bits per heavy atom. The first-order valence-corrected chi connectivity index (χ1v) is 7.46. The molecule has 1 aliphatic heterocycles. The molecule has 1 saturated heterocycles. The number of halogens is 3. The summed E-state index contributed by atoms with van der Waals surface area (Å²) in [5, 5.41) is 4.03. The van der Waals surface area contributed by atoms with Crippen molar-refractivity contribution in [2.75, 3.05) is 32.7 Å². The van der Waals surface area contributed by atoms with Crippen molar-refractivity contribution in [1.29, 1.82) is 0 Å². The van der Waals surface area contributed by atoms with Crippen LogP contribution in [0.2, 0.25) is 0 Å². The molecule has 24 heavy (non-hydrogen) atoms. The molecule has 1 amide bonds. The molecule has 128 valence electrons. The largest absolute Gasteiger partial charge is 0.401 e. The van der Waals surface area contributed by atoms with Crippen molar-refractivity contribution >= 4 is 5.91 Å². The first-order chi connectivity index (χ1) is 11.4. The Balaban J connectivity index is 1.71. The van der Waals surface area contributed by atoms with Gasteiger partial charge in [-0.2, -0.15) is 18.3 Å². The Kier molecular flexibility index (Phi) is 4.52. The molecule has 0 aliphatic carbocycles. The van der Waals surface area contributed by atoms with Crippen LogP contribution in [0.15, 0.2) is 36.9 Å². The molecule has 1 aliphatic rings. The quantitative estimate of drug-likeness (QED) is 0.852. The van der Waals surface area contributed by atoms with Gasteiger partial charge in [0.15, 0.2) is 0 Å². The number of benzene rings is 1. The fraction of sp³-hybridized carbons (Fsp3) is 0.400. The lowest BCUT2D eigenvalue weighted by atomic mass is 10.1. The third-order valence-electron chi connectivity index (χ3n) is 3.86. The van der Waals surface area contributed by atoms with E-state index in [1.807, 2.05) is 0 Å². The predicted octanol–water partition coefficient (Wildman–Crippen LogP) is 1.59. The summed E-state index contributed by atoms with van der Waals surface area (Å²) in [5.41, 5.74) is 1.05. The van der Waals surface area contributed by atoms with E-state index in [0.717, 1.165) is 0 Å². The molecule has 2 heterocycles. The van der Waals surface area contributed by atoms with Crippen LogP contribution in [0.4, 0.5) is 13.2 Å². The van der Waals surface area contributed by atoms with E-state index < -0.39 is 12.7 Å². The molecular formula is C15H16F3N5O. The number of nitrogens with zero attached hydrogens (tertiary/aromatic N) is 5. The fourth-order valence-electron chi connectivity index (χ4n) is 2.72. The maximum Gasteiger partial charge on any atom is 0.401 e. The Hall–Kier alpha value is -2.42. The maximum atomic E-state index is 12.7. The van der Waals surface area contributed by atoms with E-state index in [9.17, 15) is 18.0 Å². The van der Waals surface area contributed by atoms with Gasteiger partial charge in [0.25, 0.3) is 5.91 Å². The molecule has 9 heteroatoms. The zero-order chi connectivity index (χ0) is 17.2. The fourth-order valence-corrected chi connectivity index (χ4v) is 2.72. The van der Waals surface area contributed by atoms with Gasteiger partial charge in [-0.05, 0) is 12.1 Å². The monoisotopic (exact) mass is 339 g/mol. The minimum absolute atomic E-state index is 0.205. The highest BCUT2D eigenvalue weighted by Gasteiger charge is 2.33. The van der Waals surface area contributed by atoms with Crippen LogP contribution in [0, 0.1) is 0 Å². The smallest absolute Gasteiger partial charge is 0.336 e. The number of hydrogen-bond donors (Lipinski definition) is 0. The van der Waals surface area contributed by atoms with Gasteiger partial charge >= 0.3 is 6.18 Å². The third kappa shape index (κ3) is 3.73. The van der Waals surface area contributed by atoms with Crippen LogP contribution in [0.3, 0.4) is 0 Å². The highest BCUT2D eigenvalue weighted by Crippen LogP contribution is 2.19. The van der Waals surface area contributed by atoms with Crippen molar-refractivity contribution in [3.05, 3.63) is 42.5 Å². The van der Waals surface area contributed by atoms with Crippen molar-refractivity contribution in [1.82, 2.24) is 24.6 Å². The molecular weight excluding hydrogens is 323 g/mol. The van der Waals surface area contributed by atoms with Crippen molar-refractivity contribution in [3.8, 4) is 5.69 Å². The highest BCUT2D eigenvalue weighted by atomic mass is 19.4. The standard InChI is InChI=1S/C15H16F3N5O/c16-15(17,18)9-21-5-7-22(8-6-21)14(24)12-3-1-2-4-13(12)23-11-19-10-20-23/h1-4,10-11H,5-9H2. The van der Waals surface area contributed by atoms with Crippen molar-refractivity contribution in [3.63, 3.8) is 0 Å². The second-order valence-corrected chi connectivity index (χ2v) is 5.54. The zero-order valence-corrected chi connectivity index (χ0v) is 12.8. The molecule has 0 atom stereocenters. The molecule has 2 aromatic rings. The Morgan fingerprint density at radius 3 is 2.46 bits per heavy atom. The first-order valence-electron chi connectivity index (χ1n) is 7.46. The van der Waals surface area contributed by atoms with Crippen LogP contribution in [0.5, 0.6) is 0 Å². The van der Waals surface area contributed by atoms with Crippen LogP contribution < -0.4 is 0 Å². The van der Waals surface area contributed by atoms with Gasteiger partial charge in [-0.25, -0.2) is 9.67 Å². The van der Waals surface area contributed by atoms with Gasteiger partial charge in [-0.3, -0.25) is 9.69 Å². The van der Waals surface area contributed by atoms with Gasteiger partial charge in [0.05, 0.1) is 17.8 Å². The Labute approximate surface area is 136 Å². The first kappa shape index (κ1) is 16.4. The number of carbonyl (C=O) groups excluding carboxylic acids is 1. The second-order valence-electron chi connectivity index (χ2n) is 5.54. The van der Waals surface area contributed by atoms with Gasteiger partial charge in [-0.15, -0.1) is 0 Å². The third-order valence-corrected chi connectivity index (χ3v) is 3.86. The minimum atomic E-state index is -4.22. The molecule has 6 nitrogen and oxygen atoms in total. The number of rotatable bonds is 3. The number of amides is 1. The van der Waals surface area contributed by atoms with E-state index in [0.29, 0.717) is 11.3 Å². The van der Waals surface area contributed by atoms with Crippen molar-refractivity contribution < 1.29 is 18.0 Å². The van der Waals surface area contributed by atoms with Crippen molar-refractivity contribution in [2.45, 2.75) is 6.18 Å². The molecule has 0 bridgehead atoms. The second kappa shape index (κ2) is 6.60.